The standard InChI is InChI=1S/C20H24N2O4/c1-25-16-8-10-17(11-9-16)26-14-15(24)13-22-19-6-3-2-5-18(19)21-20(22)7-4-12-23/h2-3,5-6,8-11,15,23-24H,4,7,12-14H2,1H3/t15-/m1/s1. The average molecular weight is 356 g/mol. The van der Waals surface area contributed by atoms with E-state index in [1.54, 1.807) is 7.11 Å². The summed E-state index contributed by atoms with van der Waals surface area (Å²) in [5, 5.41) is 19.6. The fourth-order valence-electron chi connectivity index (χ4n) is 2.88. The third kappa shape index (κ3) is 4.33. The first kappa shape index (κ1) is 18.2. The number of para-hydroxylation sites is 2. The van der Waals surface area contributed by atoms with Gasteiger partial charge in [0.15, 0.2) is 0 Å². The van der Waals surface area contributed by atoms with Gasteiger partial charge in [0.2, 0.25) is 0 Å². The number of aliphatic hydroxyl groups is 2. The summed E-state index contributed by atoms with van der Waals surface area (Å²) >= 11 is 0. The fraction of sp³-hybridized carbons (Fsp3) is 0.350. The molecular weight excluding hydrogens is 332 g/mol. The number of aliphatic hydroxyl groups excluding tert-OH is 2. The summed E-state index contributed by atoms with van der Waals surface area (Å²) in [6.45, 7) is 0.683. The molecule has 0 saturated carbocycles. The molecule has 1 aromatic heterocycles. The second-order valence-corrected chi connectivity index (χ2v) is 6.09. The largest absolute Gasteiger partial charge is 0.497 e. The van der Waals surface area contributed by atoms with Crippen molar-refractivity contribution in [2.24, 2.45) is 0 Å². The molecule has 0 aliphatic carbocycles. The Morgan fingerprint density at radius 2 is 1.81 bits per heavy atom. The second-order valence-electron chi connectivity index (χ2n) is 6.09. The van der Waals surface area contributed by atoms with Gasteiger partial charge in [0, 0.05) is 13.0 Å². The number of hydrogen-bond donors (Lipinski definition) is 2. The molecule has 1 atom stereocenters. The molecule has 2 N–H and O–H groups in total. The maximum absolute atomic E-state index is 10.4. The maximum atomic E-state index is 10.4. The van der Waals surface area contributed by atoms with Crippen LogP contribution in [0, 0.1) is 0 Å². The predicted molar refractivity (Wildman–Crippen MR) is 99.6 cm³/mol. The van der Waals surface area contributed by atoms with Crippen LogP contribution in [0.15, 0.2) is 48.5 Å². The van der Waals surface area contributed by atoms with E-state index in [-0.39, 0.29) is 13.2 Å². The number of aryl methyl sites for hydroxylation is 1. The Morgan fingerprint density at radius 3 is 2.54 bits per heavy atom. The van der Waals surface area contributed by atoms with Crippen LogP contribution < -0.4 is 9.47 Å². The number of fused-ring (bicyclic) bond motifs is 1. The van der Waals surface area contributed by atoms with E-state index >= 15 is 0 Å². The van der Waals surface area contributed by atoms with Crippen LogP contribution in [0.1, 0.15) is 12.2 Å². The molecule has 0 aliphatic rings. The zero-order valence-electron chi connectivity index (χ0n) is 14.8. The number of aromatic nitrogens is 2. The lowest BCUT2D eigenvalue weighted by Gasteiger charge is -2.16. The van der Waals surface area contributed by atoms with Crippen LogP contribution in [0.4, 0.5) is 0 Å². The number of ether oxygens (including phenoxy) is 2. The molecule has 0 spiro atoms. The summed E-state index contributed by atoms with van der Waals surface area (Å²) in [5.41, 5.74) is 1.87. The number of hydrogen-bond acceptors (Lipinski definition) is 5. The summed E-state index contributed by atoms with van der Waals surface area (Å²) in [6, 6.07) is 15.1. The minimum absolute atomic E-state index is 0.117. The van der Waals surface area contributed by atoms with Gasteiger partial charge in [0.1, 0.15) is 30.0 Å². The molecule has 2 aromatic carbocycles. The Kier molecular flexibility index (Phi) is 6.09. The van der Waals surface area contributed by atoms with Crippen molar-refractivity contribution in [1.29, 1.82) is 0 Å². The molecular formula is C20H24N2O4. The third-order valence-electron chi connectivity index (χ3n) is 4.19. The SMILES string of the molecule is COc1ccc(OC[C@H](O)Cn2c(CCCO)nc3ccccc32)cc1. The van der Waals surface area contributed by atoms with Gasteiger partial charge < -0.3 is 24.3 Å². The number of imidazole rings is 1. The molecule has 26 heavy (non-hydrogen) atoms. The third-order valence-corrected chi connectivity index (χ3v) is 4.19. The summed E-state index contributed by atoms with van der Waals surface area (Å²) in [7, 11) is 1.61. The highest BCUT2D eigenvalue weighted by Gasteiger charge is 2.14. The minimum atomic E-state index is -0.678. The van der Waals surface area contributed by atoms with Gasteiger partial charge in [-0.2, -0.15) is 0 Å². The summed E-state index contributed by atoms with van der Waals surface area (Å²) in [5.74, 6) is 2.31. The van der Waals surface area contributed by atoms with Gasteiger partial charge in [0.25, 0.3) is 0 Å². The lowest BCUT2D eigenvalue weighted by molar-refractivity contribution is 0.0926. The van der Waals surface area contributed by atoms with E-state index in [4.69, 9.17) is 14.6 Å². The van der Waals surface area contributed by atoms with Crippen LogP contribution in [0.2, 0.25) is 0 Å². The van der Waals surface area contributed by atoms with E-state index in [0.717, 1.165) is 22.6 Å². The zero-order chi connectivity index (χ0) is 18.4. The Bertz CT molecular complexity index is 829. The summed E-state index contributed by atoms with van der Waals surface area (Å²) in [4.78, 5) is 4.63. The molecule has 0 saturated heterocycles. The normalized spacial score (nSPS) is 12.3. The zero-order valence-corrected chi connectivity index (χ0v) is 14.8. The Balaban J connectivity index is 1.68. The highest BCUT2D eigenvalue weighted by atomic mass is 16.5. The highest BCUT2D eigenvalue weighted by Crippen LogP contribution is 2.19. The van der Waals surface area contributed by atoms with E-state index in [1.807, 2.05) is 53.1 Å². The topological polar surface area (TPSA) is 76.7 Å². The molecule has 0 unspecified atom stereocenters. The van der Waals surface area contributed by atoms with Crippen LogP contribution in [0.25, 0.3) is 11.0 Å². The molecule has 6 nitrogen and oxygen atoms in total. The van der Waals surface area contributed by atoms with Gasteiger partial charge in [-0.3, -0.25) is 0 Å². The molecule has 6 heteroatoms. The molecule has 0 radical (unpaired) electrons. The van der Waals surface area contributed by atoms with E-state index in [1.165, 1.54) is 0 Å². The van der Waals surface area contributed by atoms with Crippen LogP contribution >= 0.6 is 0 Å². The molecule has 0 amide bonds. The number of methoxy groups -OCH3 is 1. The molecule has 138 valence electrons. The van der Waals surface area contributed by atoms with Crippen molar-refractivity contribution in [2.75, 3.05) is 20.3 Å². The maximum Gasteiger partial charge on any atom is 0.119 e. The lowest BCUT2D eigenvalue weighted by atomic mass is 10.2. The van der Waals surface area contributed by atoms with Crippen molar-refractivity contribution in [1.82, 2.24) is 9.55 Å². The summed E-state index contributed by atoms with van der Waals surface area (Å²) in [6.07, 6.45) is 0.626. The van der Waals surface area contributed by atoms with Crippen LogP contribution in [0.3, 0.4) is 0 Å². The van der Waals surface area contributed by atoms with Gasteiger partial charge in [0.05, 0.1) is 24.7 Å². The first-order chi connectivity index (χ1) is 12.7. The number of nitrogens with zero attached hydrogens (tertiary/aromatic N) is 2. The van der Waals surface area contributed by atoms with Crippen molar-refractivity contribution in [3.05, 3.63) is 54.4 Å². The van der Waals surface area contributed by atoms with Gasteiger partial charge in [-0.1, -0.05) is 12.1 Å². The molecule has 0 aliphatic heterocycles. The fourth-order valence-corrected chi connectivity index (χ4v) is 2.88. The van der Waals surface area contributed by atoms with E-state index in [2.05, 4.69) is 4.98 Å². The number of benzene rings is 2. The van der Waals surface area contributed by atoms with Crippen LogP contribution in [0.5, 0.6) is 11.5 Å². The van der Waals surface area contributed by atoms with E-state index < -0.39 is 6.10 Å². The monoisotopic (exact) mass is 356 g/mol. The summed E-state index contributed by atoms with van der Waals surface area (Å²) < 4.78 is 12.8. The first-order valence-electron chi connectivity index (χ1n) is 8.71. The molecule has 1 heterocycles. The van der Waals surface area contributed by atoms with Gasteiger partial charge in [-0.05, 0) is 42.8 Å². The van der Waals surface area contributed by atoms with Gasteiger partial charge >= 0.3 is 0 Å². The quantitative estimate of drug-likeness (QED) is 0.616. The molecule has 0 bridgehead atoms. The van der Waals surface area contributed by atoms with Crippen LogP contribution in [-0.4, -0.2) is 46.2 Å². The highest BCUT2D eigenvalue weighted by molar-refractivity contribution is 5.75. The van der Waals surface area contributed by atoms with Crippen molar-refractivity contribution in [3.8, 4) is 11.5 Å². The Hall–Kier alpha value is -2.57. The number of rotatable bonds is 9. The second kappa shape index (κ2) is 8.69. The smallest absolute Gasteiger partial charge is 0.119 e. The predicted octanol–water partition coefficient (Wildman–Crippen LogP) is 2.41. The van der Waals surface area contributed by atoms with Crippen molar-refractivity contribution < 1.29 is 19.7 Å². The van der Waals surface area contributed by atoms with Gasteiger partial charge in [-0.25, -0.2) is 4.98 Å². The van der Waals surface area contributed by atoms with Gasteiger partial charge in [-0.15, -0.1) is 0 Å². The first-order valence-corrected chi connectivity index (χ1v) is 8.71. The Labute approximate surface area is 152 Å². The van der Waals surface area contributed by atoms with Crippen molar-refractivity contribution >= 4 is 11.0 Å². The van der Waals surface area contributed by atoms with Crippen molar-refractivity contribution in [2.45, 2.75) is 25.5 Å². The van der Waals surface area contributed by atoms with Crippen LogP contribution in [-0.2, 0) is 13.0 Å². The molecule has 3 rings (SSSR count). The minimum Gasteiger partial charge on any atom is -0.497 e. The molecule has 0 fully saturated rings. The lowest BCUT2D eigenvalue weighted by Crippen LogP contribution is -2.24. The average Bonchev–Trinajstić information content (AvgIpc) is 3.02. The van der Waals surface area contributed by atoms with E-state index in [9.17, 15) is 5.11 Å². The van der Waals surface area contributed by atoms with Crippen molar-refractivity contribution in [3.63, 3.8) is 0 Å². The molecule has 3 aromatic rings. The Morgan fingerprint density at radius 1 is 1.08 bits per heavy atom. The van der Waals surface area contributed by atoms with E-state index in [0.29, 0.717) is 25.1 Å².